The topological polar surface area (TPSA) is 67.3 Å². The fraction of sp³-hybridized carbons (Fsp3) is 0.143. The number of carboxylic acids is 1. The van der Waals surface area contributed by atoms with Crippen LogP contribution in [0.3, 0.4) is 0 Å². The molecular weight excluding hydrogens is 262 g/mol. The Kier molecular flexibility index (Phi) is 4.06. The second-order valence-electron chi connectivity index (χ2n) is 4.19. The molecule has 0 spiro atoms. The third-order valence-corrected chi connectivity index (χ3v) is 3.95. The van der Waals surface area contributed by atoms with E-state index in [2.05, 4.69) is 4.98 Å². The third-order valence-electron chi connectivity index (χ3n) is 2.57. The van der Waals surface area contributed by atoms with Gasteiger partial charge < -0.3 is 5.11 Å². The summed E-state index contributed by atoms with van der Waals surface area (Å²) < 4.78 is 12.2. The van der Waals surface area contributed by atoms with Crippen LogP contribution in [0.5, 0.6) is 0 Å². The summed E-state index contributed by atoms with van der Waals surface area (Å²) in [7, 11) is -1.27. The van der Waals surface area contributed by atoms with Gasteiger partial charge in [-0.05, 0) is 36.2 Å². The standard InChI is InChI=1S/C14H13NO3S/c1-10-5-11(8-15-7-10)9-19(18)13-4-2-3-12(6-13)14(16)17/h2-8H,9H2,1H3,(H,16,17). The summed E-state index contributed by atoms with van der Waals surface area (Å²) >= 11 is 0. The van der Waals surface area contributed by atoms with Gasteiger partial charge in [-0.15, -0.1) is 0 Å². The molecular formula is C14H13NO3S. The molecule has 19 heavy (non-hydrogen) atoms. The molecule has 2 rings (SSSR count). The zero-order chi connectivity index (χ0) is 13.8. The van der Waals surface area contributed by atoms with Gasteiger partial charge in [0.1, 0.15) is 0 Å². The maximum atomic E-state index is 12.2. The van der Waals surface area contributed by atoms with E-state index in [-0.39, 0.29) is 5.56 Å². The Hall–Kier alpha value is -2.01. The van der Waals surface area contributed by atoms with Gasteiger partial charge in [0.2, 0.25) is 0 Å². The lowest BCUT2D eigenvalue weighted by atomic mass is 10.2. The van der Waals surface area contributed by atoms with E-state index in [1.165, 1.54) is 12.1 Å². The maximum Gasteiger partial charge on any atom is 0.335 e. The van der Waals surface area contributed by atoms with Gasteiger partial charge in [-0.2, -0.15) is 0 Å². The Morgan fingerprint density at radius 1 is 1.32 bits per heavy atom. The van der Waals surface area contributed by atoms with Crippen molar-refractivity contribution in [2.24, 2.45) is 0 Å². The quantitative estimate of drug-likeness (QED) is 0.930. The van der Waals surface area contributed by atoms with Gasteiger partial charge in [0.15, 0.2) is 0 Å². The summed E-state index contributed by atoms with van der Waals surface area (Å²) in [6.45, 7) is 1.92. The van der Waals surface area contributed by atoms with Crippen LogP contribution in [0.1, 0.15) is 21.5 Å². The molecule has 1 unspecified atom stereocenters. The molecule has 2 aromatic rings. The van der Waals surface area contributed by atoms with Gasteiger partial charge in [-0.25, -0.2) is 4.79 Å². The largest absolute Gasteiger partial charge is 0.478 e. The van der Waals surface area contributed by atoms with E-state index in [9.17, 15) is 9.00 Å². The van der Waals surface area contributed by atoms with Crippen molar-refractivity contribution in [2.75, 3.05) is 0 Å². The molecule has 0 amide bonds. The van der Waals surface area contributed by atoms with Crippen molar-refractivity contribution in [1.29, 1.82) is 0 Å². The molecule has 0 saturated carbocycles. The smallest absolute Gasteiger partial charge is 0.335 e. The molecule has 0 aliphatic heterocycles. The van der Waals surface area contributed by atoms with E-state index < -0.39 is 16.8 Å². The predicted molar refractivity (Wildman–Crippen MR) is 72.5 cm³/mol. The minimum atomic E-state index is -1.27. The van der Waals surface area contributed by atoms with Gasteiger partial charge in [0.05, 0.1) is 22.1 Å². The van der Waals surface area contributed by atoms with E-state index in [1.807, 2.05) is 13.0 Å². The number of aromatic nitrogens is 1. The van der Waals surface area contributed by atoms with Crippen molar-refractivity contribution >= 4 is 16.8 Å². The summed E-state index contributed by atoms with van der Waals surface area (Å²) in [4.78, 5) is 15.4. The highest BCUT2D eigenvalue weighted by Gasteiger charge is 2.09. The van der Waals surface area contributed by atoms with Crippen LogP contribution < -0.4 is 0 Å². The highest BCUT2D eigenvalue weighted by molar-refractivity contribution is 7.84. The fourth-order valence-corrected chi connectivity index (χ4v) is 2.82. The Morgan fingerprint density at radius 3 is 2.79 bits per heavy atom. The Balaban J connectivity index is 2.20. The molecule has 0 saturated heterocycles. The van der Waals surface area contributed by atoms with Crippen LogP contribution in [-0.2, 0) is 16.6 Å². The number of aryl methyl sites for hydroxylation is 1. The SMILES string of the molecule is Cc1cncc(CS(=O)c2cccc(C(=O)O)c2)c1. The number of aromatic carboxylic acids is 1. The van der Waals surface area contributed by atoms with Gasteiger partial charge >= 0.3 is 5.97 Å². The van der Waals surface area contributed by atoms with E-state index in [1.54, 1.807) is 24.5 Å². The lowest BCUT2D eigenvalue weighted by Crippen LogP contribution is -2.01. The van der Waals surface area contributed by atoms with Crippen LogP contribution in [0.4, 0.5) is 0 Å². The molecule has 0 aliphatic rings. The molecule has 1 aromatic heterocycles. The molecule has 1 aromatic carbocycles. The number of hydrogen-bond donors (Lipinski definition) is 1. The van der Waals surface area contributed by atoms with Gasteiger partial charge in [0, 0.05) is 17.3 Å². The first-order valence-corrected chi connectivity index (χ1v) is 7.00. The Morgan fingerprint density at radius 2 is 2.11 bits per heavy atom. The molecule has 5 heteroatoms. The summed E-state index contributed by atoms with van der Waals surface area (Å²) in [6, 6.07) is 8.13. The van der Waals surface area contributed by atoms with Crippen molar-refractivity contribution < 1.29 is 14.1 Å². The second-order valence-corrected chi connectivity index (χ2v) is 5.64. The van der Waals surface area contributed by atoms with E-state index in [4.69, 9.17) is 5.11 Å². The van der Waals surface area contributed by atoms with Crippen molar-refractivity contribution in [1.82, 2.24) is 4.98 Å². The summed E-state index contributed by atoms with van der Waals surface area (Å²) in [6.07, 6.45) is 3.41. The van der Waals surface area contributed by atoms with Gasteiger partial charge in [-0.3, -0.25) is 9.19 Å². The zero-order valence-electron chi connectivity index (χ0n) is 10.4. The Bertz CT molecular complexity index is 640. The third kappa shape index (κ3) is 3.48. The van der Waals surface area contributed by atoms with Gasteiger partial charge in [-0.1, -0.05) is 12.1 Å². The van der Waals surface area contributed by atoms with Crippen LogP contribution in [-0.4, -0.2) is 20.3 Å². The molecule has 0 aliphatic carbocycles. The number of hydrogen-bond acceptors (Lipinski definition) is 3. The highest BCUT2D eigenvalue weighted by atomic mass is 32.2. The van der Waals surface area contributed by atoms with Crippen molar-refractivity contribution in [3.05, 3.63) is 59.4 Å². The van der Waals surface area contributed by atoms with Gasteiger partial charge in [0.25, 0.3) is 0 Å². The van der Waals surface area contributed by atoms with Crippen molar-refractivity contribution in [3.8, 4) is 0 Å². The van der Waals surface area contributed by atoms with E-state index >= 15 is 0 Å². The summed E-state index contributed by atoms with van der Waals surface area (Å²) in [5.74, 6) is -0.686. The number of benzene rings is 1. The molecule has 1 heterocycles. The average Bonchev–Trinajstić information content (AvgIpc) is 2.39. The highest BCUT2D eigenvalue weighted by Crippen LogP contribution is 2.14. The number of carbonyl (C=O) groups is 1. The van der Waals surface area contributed by atoms with E-state index in [0.717, 1.165) is 11.1 Å². The van der Waals surface area contributed by atoms with Crippen molar-refractivity contribution in [3.63, 3.8) is 0 Å². The van der Waals surface area contributed by atoms with Crippen LogP contribution in [0.15, 0.2) is 47.6 Å². The molecule has 1 N–H and O–H groups in total. The summed E-state index contributed by atoms with van der Waals surface area (Å²) in [5.41, 5.74) is 2.03. The van der Waals surface area contributed by atoms with Crippen LogP contribution in [0, 0.1) is 6.92 Å². The molecule has 4 nitrogen and oxygen atoms in total. The average molecular weight is 275 g/mol. The first kappa shape index (κ1) is 13.4. The molecule has 98 valence electrons. The number of carboxylic acid groups (broad SMARTS) is 1. The number of rotatable bonds is 4. The fourth-order valence-electron chi connectivity index (χ4n) is 1.70. The molecule has 0 radical (unpaired) electrons. The van der Waals surface area contributed by atoms with Crippen LogP contribution in [0.25, 0.3) is 0 Å². The lowest BCUT2D eigenvalue weighted by molar-refractivity contribution is 0.0696. The maximum absolute atomic E-state index is 12.2. The first-order valence-electron chi connectivity index (χ1n) is 5.68. The molecule has 0 fully saturated rings. The minimum Gasteiger partial charge on any atom is -0.478 e. The number of pyridine rings is 1. The first-order chi connectivity index (χ1) is 9.06. The molecule has 1 atom stereocenters. The van der Waals surface area contributed by atoms with Crippen molar-refractivity contribution in [2.45, 2.75) is 17.6 Å². The van der Waals surface area contributed by atoms with Crippen LogP contribution >= 0.6 is 0 Å². The zero-order valence-corrected chi connectivity index (χ0v) is 11.2. The minimum absolute atomic E-state index is 0.146. The lowest BCUT2D eigenvalue weighted by Gasteiger charge is -2.04. The monoisotopic (exact) mass is 275 g/mol. The second kappa shape index (κ2) is 5.75. The van der Waals surface area contributed by atoms with E-state index in [0.29, 0.717) is 10.6 Å². The Labute approximate surface area is 113 Å². The molecule has 0 bridgehead atoms. The number of nitrogens with zero attached hydrogens (tertiary/aromatic N) is 1. The normalized spacial score (nSPS) is 12.1. The van der Waals surface area contributed by atoms with Crippen LogP contribution in [0.2, 0.25) is 0 Å². The summed E-state index contributed by atoms with van der Waals surface area (Å²) in [5, 5.41) is 8.91. The predicted octanol–water partition coefficient (Wildman–Crippen LogP) is 2.40.